The van der Waals surface area contributed by atoms with Crippen molar-refractivity contribution in [2.45, 2.75) is 54.8 Å². The quantitative estimate of drug-likeness (QED) is 0.253. The van der Waals surface area contributed by atoms with Gasteiger partial charge in [0.25, 0.3) is 11.8 Å². The highest BCUT2D eigenvalue weighted by Crippen LogP contribution is 2.66. The molecule has 0 bridgehead atoms. The minimum atomic E-state index is -2.09. The SMILES string of the molecule is COc1cc(C2C3=CCC4C(=O)N(C(C)(C)C)C(=O)C4C3CC3(Cl)C(=O)N(c4ccc(F)cc4)C(=O)C23Cl)cc(Br)c1O. The number of phenols is 1. The molecule has 2 heterocycles. The van der Waals surface area contributed by atoms with Gasteiger partial charge >= 0.3 is 0 Å². The van der Waals surface area contributed by atoms with Crippen molar-refractivity contribution >= 4 is 68.4 Å². The molecule has 8 nitrogen and oxygen atoms in total. The lowest BCUT2D eigenvalue weighted by atomic mass is 9.56. The van der Waals surface area contributed by atoms with E-state index in [4.69, 9.17) is 27.9 Å². The van der Waals surface area contributed by atoms with Gasteiger partial charge in [-0.25, -0.2) is 9.29 Å². The molecule has 3 fully saturated rings. The number of fused-ring (bicyclic) bond motifs is 4. The van der Waals surface area contributed by atoms with Crippen LogP contribution in [0.25, 0.3) is 0 Å². The molecule has 6 rings (SSSR count). The highest BCUT2D eigenvalue weighted by Gasteiger charge is 2.76. The second-order valence-electron chi connectivity index (χ2n) is 12.5. The zero-order valence-electron chi connectivity index (χ0n) is 23.7. The number of methoxy groups -OCH3 is 1. The van der Waals surface area contributed by atoms with Gasteiger partial charge in [0.15, 0.2) is 21.2 Å². The smallest absolute Gasteiger partial charge is 0.258 e. The predicted octanol–water partition coefficient (Wildman–Crippen LogP) is 5.66. The van der Waals surface area contributed by atoms with E-state index >= 15 is 0 Å². The summed E-state index contributed by atoms with van der Waals surface area (Å²) in [5, 5.41) is 10.6. The number of amides is 4. The van der Waals surface area contributed by atoms with Gasteiger partial charge in [0.1, 0.15) is 5.82 Å². The Labute approximate surface area is 265 Å². The number of aromatic hydroxyl groups is 1. The number of carbonyl (C=O) groups is 4. The number of hydrogen-bond donors (Lipinski definition) is 1. The Balaban J connectivity index is 1.59. The van der Waals surface area contributed by atoms with Crippen molar-refractivity contribution in [1.29, 1.82) is 0 Å². The highest BCUT2D eigenvalue weighted by atomic mass is 79.9. The summed E-state index contributed by atoms with van der Waals surface area (Å²) in [6.45, 7) is 5.35. The molecular weight excluding hydrogens is 666 g/mol. The van der Waals surface area contributed by atoms with Crippen LogP contribution in [0.5, 0.6) is 11.5 Å². The number of hydrogen-bond acceptors (Lipinski definition) is 6. The fraction of sp³-hybridized carbons (Fsp3) is 0.419. The fourth-order valence-electron chi connectivity index (χ4n) is 7.35. The van der Waals surface area contributed by atoms with Gasteiger partial charge in [0.05, 0.1) is 29.1 Å². The van der Waals surface area contributed by atoms with Crippen LogP contribution < -0.4 is 9.64 Å². The highest BCUT2D eigenvalue weighted by molar-refractivity contribution is 9.10. The summed E-state index contributed by atoms with van der Waals surface area (Å²) in [5.41, 5.74) is 0.325. The number of halogens is 4. The third-order valence-corrected chi connectivity index (χ3v) is 11.2. The van der Waals surface area contributed by atoms with Gasteiger partial charge in [-0.05, 0) is 97.4 Å². The lowest BCUT2D eigenvalue weighted by Gasteiger charge is -2.50. The van der Waals surface area contributed by atoms with Crippen LogP contribution in [0, 0.1) is 23.6 Å². The van der Waals surface area contributed by atoms with Crippen LogP contribution in [0.2, 0.25) is 0 Å². The Morgan fingerprint density at radius 2 is 1.67 bits per heavy atom. The van der Waals surface area contributed by atoms with Crippen molar-refractivity contribution in [3.05, 3.63) is 63.9 Å². The molecule has 2 saturated heterocycles. The van der Waals surface area contributed by atoms with Crippen LogP contribution in [0.4, 0.5) is 10.1 Å². The van der Waals surface area contributed by atoms with Gasteiger partial charge in [0.2, 0.25) is 11.8 Å². The van der Waals surface area contributed by atoms with Crippen molar-refractivity contribution in [3.63, 3.8) is 0 Å². The number of benzene rings is 2. The summed E-state index contributed by atoms with van der Waals surface area (Å²) in [4.78, 5) is 54.2. The molecule has 43 heavy (non-hydrogen) atoms. The Bertz CT molecular complexity index is 1640. The minimum absolute atomic E-state index is 0.0828. The zero-order valence-corrected chi connectivity index (χ0v) is 26.8. The number of alkyl halides is 2. The molecule has 2 aliphatic carbocycles. The van der Waals surface area contributed by atoms with Crippen molar-refractivity contribution in [1.82, 2.24) is 4.90 Å². The summed E-state index contributed by atoms with van der Waals surface area (Å²) < 4.78 is 19.4. The molecular formula is C31H28BrCl2FN2O6. The van der Waals surface area contributed by atoms with Gasteiger partial charge < -0.3 is 9.84 Å². The van der Waals surface area contributed by atoms with Gasteiger partial charge in [-0.2, -0.15) is 0 Å². The summed E-state index contributed by atoms with van der Waals surface area (Å²) in [6, 6.07) is 7.91. The van der Waals surface area contributed by atoms with E-state index in [1.165, 1.54) is 30.2 Å². The second kappa shape index (κ2) is 9.78. The maximum absolute atomic E-state index is 14.4. The molecule has 2 aromatic rings. The number of likely N-dealkylation sites (tertiary alicyclic amines) is 1. The first-order chi connectivity index (χ1) is 20.1. The summed E-state index contributed by atoms with van der Waals surface area (Å²) >= 11 is 18.1. The summed E-state index contributed by atoms with van der Waals surface area (Å²) in [7, 11) is 1.37. The second-order valence-corrected chi connectivity index (χ2v) is 14.6. The molecule has 1 N–H and O–H groups in total. The molecule has 2 aromatic carbocycles. The van der Waals surface area contributed by atoms with E-state index in [0.717, 1.165) is 17.0 Å². The van der Waals surface area contributed by atoms with Gasteiger partial charge in [-0.15, -0.1) is 23.2 Å². The lowest BCUT2D eigenvalue weighted by Crippen LogP contribution is -2.60. The largest absolute Gasteiger partial charge is 0.503 e. The van der Waals surface area contributed by atoms with Crippen molar-refractivity contribution in [2.24, 2.45) is 17.8 Å². The van der Waals surface area contributed by atoms with E-state index in [1.807, 2.05) is 6.08 Å². The van der Waals surface area contributed by atoms with Gasteiger partial charge in [0, 0.05) is 11.5 Å². The van der Waals surface area contributed by atoms with Crippen LogP contribution >= 0.6 is 39.1 Å². The first-order valence-electron chi connectivity index (χ1n) is 13.7. The van der Waals surface area contributed by atoms with Crippen LogP contribution in [-0.2, 0) is 19.2 Å². The van der Waals surface area contributed by atoms with Crippen molar-refractivity contribution < 1.29 is 33.4 Å². The summed E-state index contributed by atoms with van der Waals surface area (Å²) in [6.07, 6.45) is 1.88. The Kier molecular flexibility index (Phi) is 6.84. The lowest BCUT2D eigenvalue weighted by molar-refractivity contribution is -0.145. The maximum atomic E-state index is 14.4. The van der Waals surface area contributed by atoms with Crippen LogP contribution in [0.15, 0.2) is 52.5 Å². The normalized spacial score (nSPS) is 32.0. The Morgan fingerprint density at radius 1 is 1.02 bits per heavy atom. The number of carbonyl (C=O) groups excluding carboxylic acids is 4. The molecule has 0 radical (unpaired) electrons. The van der Waals surface area contributed by atoms with Crippen LogP contribution in [-0.4, -0.2) is 56.0 Å². The first-order valence-corrected chi connectivity index (χ1v) is 15.3. The van der Waals surface area contributed by atoms with Crippen LogP contribution in [0.1, 0.15) is 45.1 Å². The van der Waals surface area contributed by atoms with E-state index in [0.29, 0.717) is 11.1 Å². The first kappa shape index (κ1) is 30.1. The molecule has 2 aliphatic heterocycles. The molecule has 4 amide bonds. The van der Waals surface area contributed by atoms with Gasteiger partial charge in [-0.1, -0.05) is 11.6 Å². The number of rotatable bonds is 3. The number of nitrogens with zero attached hydrogens (tertiary/aromatic N) is 2. The Morgan fingerprint density at radius 3 is 2.28 bits per heavy atom. The number of anilines is 1. The number of imide groups is 2. The molecule has 0 aromatic heterocycles. The monoisotopic (exact) mass is 692 g/mol. The minimum Gasteiger partial charge on any atom is -0.503 e. The molecule has 0 spiro atoms. The number of phenolic OH excluding ortho intramolecular Hbond substituents is 1. The average molecular weight is 694 g/mol. The summed E-state index contributed by atoms with van der Waals surface area (Å²) in [5.74, 6) is -6.19. The molecule has 12 heteroatoms. The topological polar surface area (TPSA) is 104 Å². The van der Waals surface area contributed by atoms with E-state index in [1.54, 1.807) is 26.8 Å². The zero-order chi connectivity index (χ0) is 31.4. The number of ether oxygens (including phenoxy) is 1. The molecule has 6 unspecified atom stereocenters. The average Bonchev–Trinajstić information content (AvgIpc) is 3.29. The predicted molar refractivity (Wildman–Crippen MR) is 161 cm³/mol. The van der Waals surface area contributed by atoms with E-state index in [-0.39, 0.29) is 46.3 Å². The molecule has 1 saturated carbocycles. The third kappa shape index (κ3) is 3.98. The van der Waals surface area contributed by atoms with Crippen LogP contribution in [0.3, 0.4) is 0 Å². The van der Waals surface area contributed by atoms with Crippen molar-refractivity contribution in [2.75, 3.05) is 12.0 Å². The third-order valence-electron chi connectivity index (χ3n) is 9.17. The Hall–Kier alpha value is -2.95. The van der Waals surface area contributed by atoms with Gasteiger partial charge in [-0.3, -0.25) is 24.1 Å². The molecule has 4 aliphatic rings. The standard InChI is InChI=1S/C31H28BrCl2FN2O6/c1-29(2,3)37-25(39)18-10-9-17-19(22(18)26(37)40)13-30(33)27(41)36(16-7-5-15(35)6-8-16)28(42)31(30,34)23(17)14-11-20(32)24(38)21(12-14)43-4/h5-9,11-12,18-19,22-23,38H,10,13H2,1-4H3. The van der Waals surface area contributed by atoms with E-state index < -0.39 is 56.6 Å². The maximum Gasteiger partial charge on any atom is 0.258 e. The molecule has 6 atom stereocenters. The van der Waals surface area contributed by atoms with E-state index in [2.05, 4.69) is 15.9 Å². The van der Waals surface area contributed by atoms with Crippen molar-refractivity contribution in [3.8, 4) is 11.5 Å². The fourth-order valence-corrected chi connectivity index (χ4v) is 8.74. The number of allylic oxidation sites excluding steroid dienone is 2. The van der Waals surface area contributed by atoms with E-state index in [9.17, 15) is 28.7 Å². The molecule has 226 valence electrons.